The van der Waals surface area contributed by atoms with Crippen molar-refractivity contribution in [3.8, 4) is 0 Å². The highest BCUT2D eigenvalue weighted by Gasteiger charge is 2.53. The van der Waals surface area contributed by atoms with Gasteiger partial charge in [0.1, 0.15) is 5.82 Å². The molecule has 2 N–H and O–H groups in total. The quantitative estimate of drug-likeness (QED) is 0.698. The second kappa shape index (κ2) is 7.02. The Morgan fingerprint density at radius 2 is 1.90 bits per heavy atom. The zero-order valence-electron chi connectivity index (χ0n) is 16.3. The summed E-state index contributed by atoms with van der Waals surface area (Å²) in [4.78, 5) is 26.8. The second-order valence-electron chi connectivity index (χ2n) is 8.36. The number of amides is 1. The molecule has 2 aromatic carbocycles. The summed E-state index contributed by atoms with van der Waals surface area (Å²) in [6, 6.07) is 13.1. The summed E-state index contributed by atoms with van der Waals surface area (Å²) in [6.07, 6.45) is 1.52. The topological polar surface area (TPSA) is 86.3 Å². The number of H-pyrrole nitrogens is 1. The molecule has 0 spiro atoms. The van der Waals surface area contributed by atoms with Crippen LogP contribution in [0.3, 0.4) is 0 Å². The fourth-order valence-corrected chi connectivity index (χ4v) is 5.16. The summed E-state index contributed by atoms with van der Waals surface area (Å²) in [5.74, 6) is -0.271. The van der Waals surface area contributed by atoms with E-state index >= 15 is 0 Å². The van der Waals surface area contributed by atoms with Gasteiger partial charge in [-0.1, -0.05) is 30.3 Å². The van der Waals surface area contributed by atoms with Gasteiger partial charge >= 0.3 is 0 Å². The van der Waals surface area contributed by atoms with E-state index in [2.05, 4.69) is 10.2 Å². The van der Waals surface area contributed by atoms with Gasteiger partial charge in [-0.3, -0.25) is 9.59 Å². The zero-order valence-corrected chi connectivity index (χ0v) is 16.3. The van der Waals surface area contributed by atoms with Gasteiger partial charge in [0.15, 0.2) is 0 Å². The molecule has 0 radical (unpaired) electrons. The first-order valence-corrected chi connectivity index (χ1v) is 10.2. The molecule has 0 bridgehead atoms. The van der Waals surface area contributed by atoms with Crippen molar-refractivity contribution in [2.45, 2.75) is 24.9 Å². The molecule has 6 nitrogen and oxygen atoms in total. The molecule has 5 rings (SSSR count). The van der Waals surface area contributed by atoms with Crippen molar-refractivity contribution in [1.29, 1.82) is 0 Å². The Hall–Kier alpha value is -3.06. The Bertz CT molecular complexity index is 1180. The number of likely N-dealkylation sites (tertiary alicyclic amines) is 1. The average Bonchev–Trinajstić information content (AvgIpc) is 3.32. The van der Waals surface area contributed by atoms with Crippen LogP contribution in [0.25, 0.3) is 10.8 Å². The molecule has 1 aromatic heterocycles. The van der Waals surface area contributed by atoms with E-state index in [-0.39, 0.29) is 35.5 Å². The van der Waals surface area contributed by atoms with Crippen LogP contribution in [0.5, 0.6) is 0 Å². The van der Waals surface area contributed by atoms with Crippen LogP contribution >= 0.6 is 0 Å². The maximum absolute atomic E-state index is 13.3. The lowest BCUT2D eigenvalue weighted by molar-refractivity contribution is -0.130. The number of carbonyl (C=O) groups excluding carboxylic acids is 1. The Morgan fingerprint density at radius 3 is 2.67 bits per heavy atom. The summed E-state index contributed by atoms with van der Waals surface area (Å²) < 4.78 is 13.3. The van der Waals surface area contributed by atoms with Gasteiger partial charge in [-0.25, -0.2) is 9.49 Å². The van der Waals surface area contributed by atoms with Crippen LogP contribution in [-0.4, -0.2) is 39.2 Å². The molecule has 1 saturated carbocycles. The molecule has 1 amide bonds. The number of hydrogen-bond acceptors (Lipinski definition) is 4. The molecule has 1 aliphatic carbocycles. The van der Waals surface area contributed by atoms with Gasteiger partial charge < -0.3 is 10.0 Å². The Balaban J connectivity index is 1.36. The third-order valence-corrected chi connectivity index (χ3v) is 6.74. The normalized spacial score (nSPS) is 25.6. The highest BCUT2D eigenvalue weighted by atomic mass is 19.1. The van der Waals surface area contributed by atoms with Gasteiger partial charge in [-0.15, -0.1) is 0 Å². The van der Waals surface area contributed by atoms with Crippen molar-refractivity contribution in [2.24, 2.45) is 11.8 Å². The molecule has 2 aliphatic rings. The third-order valence-electron chi connectivity index (χ3n) is 6.74. The fraction of sp³-hybridized carbons (Fsp3) is 0.348. The van der Waals surface area contributed by atoms with Gasteiger partial charge in [0.2, 0.25) is 5.91 Å². The number of hydrogen-bond donors (Lipinski definition) is 2. The van der Waals surface area contributed by atoms with Crippen molar-refractivity contribution in [3.05, 3.63) is 76.0 Å². The minimum absolute atomic E-state index is 0.0736. The molecule has 1 saturated heterocycles. The molecule has 1 aliphatic heterocycles. The molecule has 154 valence electrons. The number of benzene rings is 2. The zero-order chi connectivity index (χ0) is 20.9. The van der Waals surface area contributed by atoms with E-state index < -0.39 is 5.60 Å². The van der Waals surface area contributed by atoms with Crippen LogP contribution < -0.4 is 5.56 Å². The number of aliphatic hydroxyl groups is 1. The smallest absolute Gasteiger partial charge is 0.272 e. The molecule has 3 atom stereocenters. The van der Waals surface area contributed by atoms with E-state index in [4.69, 9.17) is 0 Å². The van der Waals surface area contributed by atoms with E-state index in [1.165, 1.54) is 12.1 Å². The number of rotatable bonds is 3. The number of fused-ring (bicyclic) bond motifs is 2. The van der Waals surface area contributed by atoms with Crippen LogP contribution in [0.15, 0.2) is 53.3 Å². The summed E-state index contributed by atoms with van der Waals surface area (Å²) in [7, 11) is 0. The molecular formula is C23H22FN3O3. The molecule has 2 fully saturated rings. The predicted molar refractivity (Wildman–Crippen MR) is 109 cm³/mol. The largest absolute Gasteiger partial charge is 0.385 e. The molecular weight excluding hydrogens is 385 g/mol. The number of carbonyl (C=O) groups is 1. The van der Waals surface area contributed by atoms with Gasteiger partial charge in [-0.2, -0.15) is 5.10 Å². The first-order valence-electron chi connectivity index (χ1n) is 10.2. The monoisotopic (exact) mass is 407 g/mol. The number of aromatic nitrogens is 2. The van der Waals surface area contributed by atoms with Gasteiger partial charge in [0.05, 0.1) is 23.1 Å². The maximum atomic E-state index is 13.3. The van der Waals surface area contributed by atoms with E-state index in [1.54, 1.807) is 35.2 Å². The molecule has 2 heterocycles. The Labute approximate surface area is 172 Å². The Morgan fingerprint density at radius 1 is 1.17 bits per heavy atom. The van der Waals surface area contributed by atoms with Crippen LogP contribution in [0.1, 0.15) is 24.1 Å². The van der Waals surface area contributed by atoms with Crippen molar-refractivity contribution >= 4 is 16.7 Å². The van der Waals surface area contributed by atoms with Gasteiger partial charge in [0.25, 0.3) is 5.56 Å². The SMILES string of the molecule is O=C(Cc1n[nH]c(=O)c2ccccc12)N1C[C@H]2CC[C@](O)(c3ccc(F)cc3)[C@H]2C1. The highest BCUT2D eigenvalue weighted by Crippen LogP contribution is 2.50. The van der Waals surface area contributed by atoms with Crippen LogP contribution in [-0.2, 0) is 16.8 Å². The molecule has 0 unspecified atom stereocenters. The van der Waals surface area contributed by atoms with Gasteiger partial charge in [0, 0.05) is 24.4 Å². The van der Waals surface area contributed by atoms with E-state index in [0.29, 0.717) is 41.5 Å². The maximum Gasteiger partial charge on any atom is 0.272 e. The summed E-state index contributed by atoms with van der Waals surface area (Å²) in [6.45, 7) is 1.05. The first-order chi connectivity index (χ1) is 14.5. The van der Waals surface area contributed by atoms with Crippen molar-refractivity contribution in [3.63, 3.8) is 0 Å². The lowest BCUT2D eigenvalue weighted by atomic mass is 9.82. The van der Waals surface area contributed by atoms with Crippen molar-refractivity contribution < 1.29 is 14.3 Å². The highest BCUT2D eigenvalue weighted by molar-refractivity contribution is 5.88. The van der Waals surface area contributed by atoms with Crippen LogP contribution in [0.4, 0.5) is 4.39 Å². The molecule has 3 aromatic rings. The van der Waals surface area contributed by atoms with E-state index in [9.17, 15) is 19.1 Å². The van der Waals surface area contributed by atoms with Crippen molar-refractivity contribution in [1.82, 2.24) is 15.1 Å². The first kappa shape index (κ1) is 18.9. The number of nitrogens with one attached hydrogen (secondary N) is 1. The van der Waals surface area contributed by atoms with E-state index in [1.807, 2.05) is 6.07 Å². The standard InChI is InChI=1S/C23H22FN3O3/c24-16-7-5-15(6-8-16)23(30)10-9-14-12-27(13-19(14)23)21(28)11-20-17-3-1-2-4-18(17)22(29)26-25-20/h1-8,14,19,30H,9-13H2,(H,26,29)/t14-,19+,23+/m1/s1. The van der Waals surface area contributed by atoms with Crippen LogP contribution in [0, 0.1) is 17.7 Å². The van der Waals surface area contributed by atoms with E-state index in [0.717, 1.165) is 6.42 Å². The minimum Gasteiger partial charge on any atom is -0.385 e. The molecule has 7 heteroatoms. The summed E-state index contributed by atoms with van der Waals surface area (Å²) in [5, 5.41) is 19.1. The number of aromatic amines is 1. The number of nitrogens with zero attached hydrogens (tertiary/aromatic N) is 2. The predicted octanol–water partition coefficient (Wildman–Crippen LogP) is 2.36. The summed E-state index contributed by atoms with van der Waals surface area (Å²) in [5.41, 5.74) is -0.0713. The average molecular weight is 407 g/mol. The second-order valence-corrected chi connectivity index (χ2v) is 8.36. The lowest BCUT2D eigenvalue weighted by Gasteiger charge is -2.30. The fourth-order valence-electron chi connectivity index (χ4n) is 5.16. The minimum atomic E-state index is -1.05. The lowest BCUT2D eigenvalue weighted by Crippen LogP contribution is -2.37. The molecule has 30 heavy (non-hydrogen) atoms. The van der Waals surface area contributed by atoms with Crippen LogP contribution in [0.2, 0.25) is 0 Å². The third kappa shape index (κ3) is 3.01. The van der Waals surface area contributed by atoms with Gasteiger partial charge in [-0.05, 0) is 42.5 Å². The summed E-state index contributed by atoms with van der Waals surface area (Å²) >= 11 is 0. The Kier molecular flexibility index (Phi) is 4.43. The van der Waals surface area contributed by atoms with Crippen molar-refractivity contribution in [2.75, 3.05) is 13.1 Å². The number of halogens is 1.